The Morgan fingerprint density at radius 3 is 2.78 bits per heavy atom. The lowest BCUT2D eigenvalue weighted by Crippen LogP contribution is -2.13. The minimum absolute atomic E-state index is 0.115. The Bertz CT molecular complexity index is 531. The summed E-state index contributed by atoms with van der Waals surface area (Å²) in [5, 5.41) is 9.70. The minimum Gasteiger partial charge on any atom is -0.507 e. The summed E-state index contributed by atoms with van der Waals surface area (Å²) in [5.41, 5.74) is 0.344. The molecule has 1 N–H and O–H groups in total. The van der Waals surface area contributed by atoms with Crippen molar-refractivity contribution in [3.63, 3.8) is 0 Å². The molecule has 1 aromatic rings. The van der Waals surface area contributed by atoms with Gasteiger partial charge in [-0.2, -0.15) is 0 Å². The van der Waals surface area contributed by atoms with Crippen LogP contribution in [0.2, 0.25) is 0 Å². The van der Waals surface area contributed by atoms with Gasteiger partial charge in [-0.1, -0.05) is 0 Å². The Labute approximate surface area is 102 Å². The molecule has 0 aromatic heterocycles. The van der Waals surface area contributed by atoms with E-state index in [9.17, 15) is 14.7 Å². The second kappa shape index (κ2) is 4.79. The third-order valence-corrected chi connectivity index (χ3v) is 2.32. The highest BCUT2D eigenvalue weighted by molar-refractivity contribution is 6.39. The van der Waals surface area contributed by atoms with Gasteiger partial charge in [0, 0.05) is 11.6 Å². The lowest BCUT2D eigenvalue weighted by atomic mass is 10.1. The lowest BCUT2D eigenvalue weighted by molar-refractivity contribution is -0.149. The minimum atomic E-state index is -1.04. The molecule has 0 saturated heterocycles. The van der Waals surface area contributed by atoms with Crippen LogP contribution in [0.1, 0.15) is 5.56 Å². The smallest absolute Gasteiger partial charge is 0.378 e. The number of methoxy groups -OCH3 is 1. The monoisotopic (exact) mass is 250 g/mol. The summed E-state index contributed by atoms with van der Waals surface area (Å²) < 4.78 is 14.5. The number of carbonyl (C=O) groups excluding carboxylic acids is 2. The van der Waals surface area contributed by atoms with Crippen molar-refractivity contribution < 1.29 is 28.9 Å². The quantitative estimate of drug-likeness (QED) is 0.374. The maximum absolute atomic E-state index is 11.2. The molecule has 0 amide bonds. The molecule has 0 unspecified atom stereocenters. The molecule has 6 heteroatoms. The van der Waals surface area contributed by atoms with Crippen molar-refractivity contribution >= 4 is 17.5 Å². The van der Waals surface area contributed by atoms with Crippen LogP contribution in [0.4, 0.5) is 0 Å². The van der Waals surface area contributed by atoms with E-state index in [0.717, 1.165) is 13.2 Å². The number of aliphatic hydroxyl groups is 1. The topological polar surface area (TPSA) is 82.1 Å². The van der Waals surface area contributed by atoms with Crippen molar-refractivity contribution in [2.24, 2.45) is 0 Å². The highest BCUT2D eigenvalue weighted by Crippen LogP contribution is 2.33. The first-order chi connectivity index (χ1) is 8.61. The standard InChI is InChI=1S/C12H10O6/c1-16-12(15)9(14)5-8(13)7-2-3-10-11(4-7)18-6-17-10/h2-5,13H,6H2,1H3. The molecule has 0 fully saturated rings. The van der Waals surface area contributed by atoms with Gasteiger partial charge in [0.05, 0.1) is 7.11 Å². The molecule has 0 atom stereocenters. The van der Waals surface area contributed by atoms with Gasteiger partial charge in [0.1, 0.15) is 5.76 Å². The molecule has 0 bridgehead atoms. The van der Waals surface area contributed by atoms with Crippen molar-refractivity contribution in [1.82, 2.24) is 0 Å². The summed E-state index contributed by atoms with van der Waals surface area (Å²) in [6, 6.07) is 4.66. The SMILES string of the molecule is COC(=O)C(=O)C=C(O)c1ccc2c(c1)OCO2. The number of carbonyl (C=O) groups is 2. The molecule has 18 heavy (non-hydrogen) atoms. The van der Waals surface area contributed by atoms with E-state index >= 15 is 0 Å². The van der Waals surface area contributed by atoms with Crippen LogP contribution in [0.3, 0.4) is 0 Å². The Kier molecular flexibility index (Phi) is 3.18. The molecule has 1 heterocycles. The second-order valence-electron chi connectivity index (χ2n) is 3.45. The van der Waals surface area contributed by atoms with Crippen molar-refractivity contribution in [3.8, 4) is 11.5 Å². The number of rotatable bonds is 3. The van der Waals surface area contributed by atoms with Gasteiger partial charge in [-0.3, -0.25) is 4.79 Å². The van der Waals surface area contributed by atoms with Crippen LogP contribution in [0.15, 0.2) is 24.3 Å². The zero-order valence-corrected chi connectivity index (χ0v) is 9.50. The first-order valence-corrected chi connectivity index (χ1v) is 5.05. The van der Waals surface area contributed by atoms with E-state index in [4.69, 9.17) is 9.47 Å². The number of hydrogen-bond acceptors (Lipinski definition) is 6. The van der Waals surface area contributed by atoms with Gasteiger partial charge in [0.25, 0.3) is 5.78 Å². The number of ketones is 1. The molecular formula is C12H10O6. The molecule has 2 rings (SSSR count). The Balaban J connectivity index is 2.23. The van der Waals surface area contributed by atoms with Crippen LogP contribution in [-0.4, -0.2) is 30.8 Å². The third kappa shape index (κ3) is 2.27. The van der Waals surface area contributed by atoms with Crippen LogP contribution in [0, 0.1) is 0 Å². The maximum Gasteiger partial charge on any atom is 0.378 e. The van der Waals surface area contributed by atoms with E-state index in [1.54, 1.807) is 12.1 Å². The fourth-order valence-electron chi connectivity index (χ4n) is 1.42. The summed E-state index contributed by atoms with van der Waals surface area (Å²) in [6.07, 6.45) is 0.795. The highest BCUT2D eigenvalue weighted by Gasteiger charge is 2.16. The predicted molar refractivity (Wildman–Crippen MR) is 60.2 cm³/mol. The summed E-state index contributed by atoms with van der Waals surface area (Å²) >= 11 is 0. The van der Waals surface area contributed by atoms with E-state index in [0.29, 0.717) is 17.1 Å². The summed E-state index contributed by atoms with van der Waals surface area (Å²) in [7, 11) is 1.09. The van der Waals surface area contributed by atoms with Crippen LogP contribution in [0.25, 0.3) is 5.76 Å². The normalized spacial score (nSPS) is 13.3. The molecule has 0 saturated carbocycles. The Morgan fingerprint density at radius 1 is 1.33 bits per heavy atom. The van der Waals surface area contributed by atoms with Gasteiger partial charge in [-0.05, 0) is 18.2 Å². The second-order valence-corrected chi connectivity index (χ2v) is 3.45. The number of benzene rings is 1. The fourth-order valence-corrected chi connectivity index (χ4v) is 1.42. The largest absolute Gasteiger partial charge is 0.507 e. The molecule has 1 aromatic carbocycles. The number of esters is 1. The predicted octanol–water partition coefficient (Wildman–Crippen LogP) is 1.06. The summed E-state index contributed by atoms with van der Waals surface area (Å²) in [4.78, 5) is 22.1. The number of aliphatic hydroxyl groups excluding tert-OH is 1. The molecule has 94 valence electrons. The van der Waals surface area contributed by atoms with Gasteiger partial charge in [0.2, 0.25) is 6.79 Å². The van der Waals surface area contributed by atoms with Gasteiger partial charge in [-0.25, -0.2) is 4.79 Å². The molecule has 1 aliphatic rings. The van der Waals surface area contributed by atoms with Crippen molar-refractivity contribution in [3.05, 3.63) is 29.8 Å². The number of fused-ring (bicyclic) bond motifs is 1. The molecule has 0 radical (unpaired) electrons. The van der Waals surface area contributed by atoms with E-state index < -0.39 is 11.8 Å². The first-order valence-electron chi connectivity index (χ1n) is 5.05. The fraction of sp³-hybridized carbons (Fsp3) is 0.167. The lowest BCUT2D eigenvalue weighted by Gasteiger charge is -2.01. The van der Waals surface area contributed by atoms with Gasteiger partial charge >= 0.3 is 5.97 Å². The van der Waals surface area contributed by atoms with Crippen molar-refractivity contribution in [1.29, 1.82) is 0 Å². The van der Waals surface area contributed by atoms with E-state index in [-0.39, 0.29) is 12.6 Å². The van der Waals surface area contributed by atoms with Gasteiger partial charge in [-0.15, -0.1) is 0 Å². The third-order valence-electron chi connectivity index (χ3n) is 2.32. The molecule has 6 nitrogen and oxygen atoms in total. The summed E-state index contributed by atoms with van der Waals surface area (Å²) in [5.74, 6) is -1.29. The molecule has 0 aliphatic carbocycles. The average Bonchev–Trinajstić information content (AvgIpc) is 2.84. The van der Waals surface area contributed by atoms with Gasteiger partial charge < -0.3 is 19.3 Å². The maximum atomic E-state index is 11.2. The zero-order chi connectivity index (χ0) is 13.1. The van der Waals surface area contributed by atoms with Crippen molar-refractivity contribution in [2.45, 2.75) is 0 Å². The van der Waals surface area contributed by atoms with Crippen LogP contribution in [-0.2, 0) is 14.3 Å². The first kappa shape index (κ1) is 12.0. The zero-order valence-electron chi connectivity index (χ0n) is 9.50. The number of hydrogen-bond donors (Lipinski definition) is 1. The molecule has 1 aliphatic heterocycles. The average molecular weight is 250 g/mol. The molecule has 0 spiro atoms. The highest BCUT2D eigenvalue weighted by atomic mass is 16.7. The van der Waals surface area contributed by atoms with Gasteiger partial charge in [0.15, 0.2) is 11.5 Å². The van der Waals surface area contributed by atoms with Crippen molar-refractivity contribution in [2.75, 3.05) is 13.9 Å². The Morgan fingerprint density at radius 2 is 2.06 bits per heavy atom. The number of ether oxygens (including phenoxy) is 3. The van der Waals surface area contributed by atoms with E-state index in [1.165, 1.54) is 6.07 Å². The van der Waals surface area contributed by atoms with Crippen LogP contribution < -0.4 is 9.47 Å². The molecular weight excluding hydrogens is 240 g/mol. The summed E-state index contributed by atoms with van der Waals surface area (Å²) in [6.45, 7) is 0.115. The van der Waals surface area contributed by atoms with Crippen LogP contribution >= 0.6 is 0 Å². The van der Waals surface area contributed by atoms with Crippen LogP contribution in [0.5, 0.6) is 11.5 Å². The van der Waals surface area contributed by atoms with E-state index in [1.807, 2.05) is 0 Å². The van der Waals surface area contributed by atoms with E-state index in [2.05, 4.69) is 4.74 Å². The Hall–Kier alpha value is -2.50.